The largest absolute Gasteiger partial charge is 0.349 e. The minimum atomic E-state index is -0.297. The highest BCUT2D eigenvalue weighted by Gasteiger charge is 2.28. The fourth-order valence-corrected chi connectivity index (χ4v) is 3.10. The van der Waals surface area contributed by atoms with Gasteiger partial charge in [-0.3, -0.25) is 4.79 Å². The van der Waals surface area contributed by atoms with Gasteiger partial charge in [-0.05, 0) is 24.0 Å². The molecule has 0 unspecified atom stereocenters. The minimum absolute atomic E-state index is 0.0524. The minimum Gasteiger partial charge on any atom is -0.349 e. The van der Waals surface area contributed by atoms with Crippen molar-refractivity contribution in [3.05, 3.63) is 71.8 Å². The molecule has 0 aromatic heterocycles. The molecule has 0 spiro atoms. The maximum Gasteiger partial charge on any atom is 0.221 e. The van der Waals surface area contributed by atoms with Crippen molar-refractivity contribution in [3.63, 3.8) is 0 Å². The third kappa shape index (κ3) is 4.45. The molecule has 0 aliphatic heterocycles. The number of nitrogens with two attached hydrogens (primary N) is 1. The molecule has 0 atom stereocenters. The summed E-state index contributed by atoms with van der Waals surface area (Å²) in [5.41, 5.74) is 7.93. The van der Waals surface area contributed by atoms with Crippen LogP contribution >= 0.6 is 0 Å². The third-order valence-corrected chi connectivity index (χ3v) is 4.94. The van der Waals surface area contributed by atoms with Crippen molar-refractivity contribution in [2.75, 3.05) is 6.54 Å². The number of amides is 1. The summed E-state index contributed by atoms with van der Waals surface area (Å²) in [6.45, 7) is 4.61. The molecule has 0 bridgehead atoms. The van der Waals surface area contributed by atoms with Crippen LogP contribution in [0.25, 0.3) is 0 Å². The molecule has 0 saturated carbocycles. The van der Waals surface area contributed by atoms with E-state index < -0.39 is 0 Å². The van der Waals surface area contributed by atoms with Gasteiger partial charge in [0.15, 0.2) is 0 Å². The lowest BCUT2D eigenvalue weighted by atomic mass is 9.87. The second kappa shape index (κ2) is 8.65. The molecule has 0 heterocycles. The van der Waals surface area contributed by atoms with E-state index in [2.05, 4.69) is 43.4 Å². The lowest BCUT2D eigenvalue weighted by Gasteiger charge is -2.32. The van der Waals surface area contributed by atoms with Crippen molar-refractivity contribution in [2.45, 2.75) is 44.6 Å². The van der Waals surface area contributed by atoms with Crippen molar-refractivity contribution in [3.8, 4) is 0 Å². The van der Waals surface area contributed by atoms with Crippen LogP contribution in [0.15, 0.2) is 60.7 Å². The second-order valence-corrected chi connectivity index (χ2v) is 6.32. The summed E-state index contributed by atoms with van der Waals surface area (Å²) in [7, 11) is 0. The Labute approximate surface area is 145 Å². The molecule has 128 valence electrons. The molecule has 2 aromatic rings. The molecule has 3 heteroatoms. The normalized spacial score (nSPS) is 11.5. The molecule has 1 amide bonds. The van der Waals surface area contributed by atoms with Crippen LogP contribution < -0.4 is 11.1 Å². The SMILES string of the molecule is CCC(CC)(CN)NC(=O)CC(c1ccccc1)c1ccccc1. The maximum absolute atomic E-state index is 12.7. The monoisotopic (exact) mass is 324 g/mol. The number of benzene rings is 2. The summed E-state index contributed by atoms with van der Waals surface area (Å²) >= 11 is 0. The van der Waals surface area contributed by atoms with Crippen LogP contribution in [-0.4, -0.2) is 18.0 Å². The van der Waals surface area contributed by atoms with E-state index in [1.165, 1.54) is 0 Å². The van der Waals surface area contributed by atoms with Gasteiger partial charge >= 0.3 is 0 Å². The molecule has 3 nitrogen and oxygen atoms in total. The van der Waals surface area contributed by atoms with E-state index in [-0.39, 0.29) is 17.4 Å². The summed E-state index contributed by atoms with van der Waals surface area (Å²) in [6, 6.07) is 20.4. The standard InChI is InChI=1S/C21H28N2O/c1-3-21(4-2,16-22)23-20(24)15-19(17-11-7-5-8-12-17)18-13-9-6-10-14-18/h5-14,19H,3-4,15-16,22H2,1-2H3,(H,23,24). The number of rotatable bonds is 8. The van der Waals surface area contributed by atoms with E-state index in [1.54, 1.807) is 0 Å². The quantitative estimate of drug-likeness (QED) is 0.775. The third-order valence-electron chi connectivity index (χ3n) is 4.94. The first-order valence-corrected chi connectivity index (χ1v) is 8.75. The van der Waals surface area contributed by atoms with E-state index in [4.69, 9.17) is 5.73 Å². The zero-order valence-corrected chi connectivity index (χ0v) is 14.7. The Morgan fingerprint density at radius 3 is 1.79 bits per heavy atom. The maximum atomic E-state index is 12.7. The molecule has 2 rings (SSSR count). The average molecular weight is 324 g/mol. The van der Waals surface area contributed by atoms with Crippen LogP contribution in [0.2, 0.25) is 0 Å². The topological polar surface area (TPSA) is 55.1 Å². The van der Waals surface area contributed by atoms with Crippen LogP contribution in [-0.2, 0) is 4.79 Å². The summed E-state index contributed by atoms with van der Waals surface area (Å²) in [4.78, 5) is 12.7. The van der Waals surface area contributed by atoms with E-state index >= 15 is 0 Å². The lowest BCUT2D eigenvalue weighted by Crippen LogP contribution is -2.53. The summed E-state index contributed by atoms with van der Waals surface area (Å²) in [5.74, 6) is 0.110. The summed E-state index contributed by atoms with van der Waals surface area (Å²) in [6.07, 6.45) is 2.11. The second-order valence-electron chi connectivity index (χ2n) is 6.32. The molecule has 0 aliphatic carbocycles. The number of nitrogens with one attached hydrogen (secondary N) is 1. The molecule has 2 aromatic carbocycles. The van der Waals surface area contributed by atoms with E-state index in [9.17, 15) is 4.79 Å². The van der Waals surface area contributed by atoms with Crippen LogP contribution in [0.1, 0.15) is 50.2 Å². The Bertz CT molecular complexity index is 573. The smallest absolute Gasteiger partial charge is 0.221 e. The highest BCUT2D eigenvalue weighted by molar-refractivity contribution is 5.78. The van der Waals surface area contributed by atoms with Gasteiger partial charge in [-0.1, -0.05) is 74.5 Å². The summed E-state index contributed by atoms with van der Waals surface area (Å²) < 4.78 is 0. The van der Waals surface area contributed by atoms with Crippen molar-refractivity contribution in [2.24, 2.45) is 5.73 Å². The number of carbonyl (C=O) groups is 1. The Balaban J connectivity index is 2.22. The zero-order chi connectivity index (χ0) is 17.4. The Morgan fingerprint density at radius 1 is 0.958 bits per heavy atom. The number of hydrogen-bond acceptors (Lipinski definition) is 2. The van der Waals surface area contributed by atoms with Gasteiger partial charge in [0, 0.05) is 18.9 Å². The Morgan fingerprint density at radius 2 is 1.42 bits per heavy atom. The van der Waals surface area contributed by atoms with Crippen LogP contribution in [0.3, 0.4) is 0 Å². The van der Waals surface area contributed by atoms with Crippen molar-refractivity contribution in [1.82, 2.24) is 5.32 Å². The van der Waals surface area contributed by atoms with Crippen LogP contribution in [0.5, 0.6) is 0 Å². The highest BCUT2D eigenvalue weighted by Crippen LogP contribution is 2.28. The fraction of sp³-hybridized carbons (Fsp3) is 0.381. The van der Waals surface area contributed by atoms with Crippen molar-refractivity contribution >= 4 is 5.91 Å². The molecule has 0 saturated heterocycles. The van der Waals surface area contributed by atoms with Gasteiger partial charge in [0.05, 0.1) is 5.54 Å². The van der Waals surface area contributed by atoms with Crippen LogP contribution in [0, 0.1) is 0 Å². The van der Waals surface area contributed by atoms with E-state index in [1.807, 2.05) is 36.4 Å². The van der Waals surface area contributed by atoms with Crippen LogP contribution in [0.4, 0.5) is 0 Å². The first-order valence-electron chi connectivity index (χ1n) is 8.75. The molecule has 0 fully saturated rings. The Hall–Kier alpha value is -2.13. The zero-order valence-electron chi connectivity index (χ0n) is 14.7. The number of carbonyl (C=O) groups excluding carboxylic acids is 1. The molecule has 3 N–H and O–H groups in total. The Kier molecular flexibility index (Phi) is 6.56. The van der Waals surface area contributed by atoms with Gasteiger partial charge in [0.25, 0.3) is 0 Å². The average Bonchev–Trinajstić information content (AvgIpc) is 2.66. The van der Waals surface area contributed by atoms with E-state index in [0.29, 0.717) is 13.0 Å². The number of hydrogen-bond donors (Lipinski definition) is 2. The molecule has 0 aliphatic rings. The predicted octanol–water partition coefficient (Wildman–Crippen LogP) is 3.84. The summed E-state index contributed by atoms with van der Waals surface area (Å²) in [5, 5.41) is 3.19. The predicted molar refractivity (Wildman–Crippen MR) is 99.9 cm³/mol. The first kappa shape index (κ1) is 18.2. The molecule has 0 radical (unpaired) electrons. The van der Waals surface area contributed by atoms with Gasteiger partial charge in [-0.25, -0.2) is 0 Å². The van der Waals surface area contributed by atoms with Crippen molar-refractivity contribution < 1.29 is 4.79 Å². The van der Waals surface area contributed by atoms with Gasteiger partial charge in [-0.15, -0.1) is 0 Å². The van der Waals surface area contributed by atoms with Gasteiger partial charge in [0.2, 0.25) is 5.91 Å². The lowest BCUT2D eigenvalue weighted by molar-refractivity contribution is -0.123. The van der Waals surface area contributed by atoms with Gasteiger partial charge < -0.3 is 11.1 Å². The van der Waals surface area contributed by atoms with E-state index in [0.717, 1.165) is 24.0 Å². The highest BCUT2D eigenvalue weighted by atomic mass is 16.1. The fourth-order valence-electron chi connectivity index (χ4n) is 3.10. The van der Waals surface area contributed by atoms with Crippen molar-refractivity contribution in [1.29, 1.82) is 0 Å². The molecule has 24 heavy (non-hydrogen) atoms. The van der Waals surface area contributed by atoms with Gasteiger partial charge in [0.1, 0.15) is 0 Å². The van der Waals surface area contributed by atoms with Gasteiger partial charge in [-0.2, -0.15) is 0 Å². The molecular weight excluding hydrogens is 296 g/mol. The molecular formula is C21H28N2O. The first-order chi connectivity index (χ1) is 11.6.